The normalized spacial score (nSPS) is 10.3. The predicted octanol–water partition coefficient (Wildman–Crippen LogP) is 4.19. The summed E-state index contributed by atoms with van der Waals surface area (Å²) >= 11 is 6.57. The van der Waals surface area contributed by atoms with Crippen LogP contribution in [0.4, 0.5) is 0 Å². The minimum Gasteiger partial charge on any atom is -0.507 e. The van der Waals surface area contributed by atoms with E-state index in [0.29, 0.717) is 16.8 Å². The lowest BCUT2D eigenvalue weighted by Crippen LogP contribution is -2.00. The molecule has 0 aliphatic rings. The summed E-state index contributed by atoms with van der Waals surface area (Å²) in [6.07, 6.45) is 0. The van der Waals surface area contributed by atoms with E-state index in [9.17, 15) is 9.90 Å². The van der Waals surface area contributed by atoms with Gasteiger partial charge in [0.15, 0.2) is 0 Å². The Morgan fingerprint density at radius 1 is 1.15 bits per heavy atom. The first-order valence-electron chi connectivity index (χ1n) is 5.60. The van der Waals surface area contributed by atoms with Crippen LogP contribution in [0, 0.1) is 0 Å². The third-order valence-corrected chi connectivity index (χ3v) is 3.74. The van der Waals surface area contributed by atoms with E-state index in [2.05, 4.69) is 31.9 Å². The average molecular weight is 402 g/mol. The van der Waals surface area contributed by atoms with E-state index in [1.165, 1.54) is 12.1 Å². The Balaban J connectivity index is 2.16. The van der Waals surface area contributed by atoms with Gasteiger partial charge in [-0.25, -0.2) is 4.79 Å². The zero-order chi connectivity index (χ0) is 14.7. The molecule has 4 nitrogen and oxygen atoms in total. The number of rotatable bonds is 4. The predicted molar refractivity (Wildman–Crippen MR) is 81.2 cm³/mol. The number of carbonyl (C=O) groups is 1. The third kappa shape index (κ3) is 3.52. The van der Waals surface area contributed by atoms with Crippen molar-refractivity contribution in [3.8, 4) is 11.5 Å². The summed E-state index contributed by atoms with van der Waals surface area (Å²) in [5.41, 5.74) is 0.787. The molecular formula is C14H10Br2O4. The van der Waals surface area contributed by atoms with Crippen LogP contribution in [0.15, 0.2) is 45.3 Å². The van der Waals surface area contributed by atoms with Gasteiger partial charge in [0.25, 0.3) is 0 Å². The molecule has 2 rings (SSSR count). The Morgan fingerprint density at radius 2 is 1.80 bits per heavy atom. The highest BCUT2D eigenvalue weighted by Crippen LogP contribution is 2.33. The van der Waals surface area contributed by atoms with Crippen molar-refractivity contribution in [3.63, 3.8) is 0 Å². The lowest BCUT2D eigenvalue weighted by molar-refractivity contribution is 0.0693. The van der Waals surface area contributed by atoms with Crippen molar-refractivity contribution in [2.24, 2.45) is 0 Å². The molecular weight excluding hydrogens is 392 g/mol. The molecule has 0 spiro atoms. The van der Waals surface area contributed by atoms with E-state index in [4.69, 9.17) is 9.84 Å². The fourth-order valence-electron chi connectivity index (χ4n) is 1.57. The van der Waals surface area contributed by atoms with Gasteiger partial charge >= 0.3 is 5.97 Å². The second kappa shape index (κ2) is 6.28. The fraction of sp³-hybridized carbons (Fsp3) is 0.0714. The Kier molecular flexibility index (Phi) is 4.67. The largest absolute Gasteiger partial charge is 0.507 e. The minimum absolute atomic E-state index is 0.173. The Hall–Kier alpha value is -1.53. The maximum absolute atomic E-state index is 10.9. The van der Waals surface area contributed by atoms with E-state index in [1.54, 1.807) is 0 Å². The molecule has 0 saturated heterocycles. The smallest absolute Gasteiger partial charge is 0.339 e. The maximum atomic E-state index is 10.9. The second-order valence-corrected chi connectivity index (χ2v) is 5.79. The number of benzene rings is 2. The van der Waals surface area contributed by atoms with Gasteiger partial charge in [-0.2, -0.15) is 0 Å². The highest BCUT2D eigenvalue weighted by Gasteiger charge is 2.14. The van der Waals surface area contributed by atoms with Crippen molar-refractivity contribution in [2.45, 2.75) is 6.61 Å². The maximum Gasteiger partial charge on any atom is 0.339 e. The summed E-state index contributed by atoms with van der Waals surface area (Å²) in [7, 11) is 0. The first-order valence-corrected chi connectivity index (χ1v) is 7.19. The molecule has 0 unspecified atom stereocenters. The lowest BCUT2D eigenvalue weighted by atomic mass is 10.2. The number of phenols is 1. The Bertz CT molecular complexity index is 638. The Labute approximate surface area is 132 Å². The monoisotopic (exact) mass is 400 g/mol. The molecule has 0 atom stereocenters. The topological polar surface area (TPSA) is 66.8 Å². The molecule has 0 radical (unpaired) electrons. The van der Waals surface area contributed by atoms with E-state index >= 15 is 0 Å². The van der Waals surface area contributed by atoms with Gasteiger partial charge in [-0.15, -0.1) is 0 Å². The number of ether oxygens (including phenoxy) is 1. The molecule has 0 aliphatic heterocycles. The molecule has 2 aromatic carbocycles. The lowest BCUT2D eigenvalue weighted by Gasteiger charge is -2.10. The number of hydrogen-bond acceptors (Lipinski definition) is 3. The van der Waals surface area contributed by atoms with Crippen LogP contribution in [0.25, 0.3) is 0 Å². The van der Waals surface area contributed by atoms with Crippen molar-refractivity contribution in [1.29, 1.82) is 0 Å². The van der Waals surface area contributed by atoms with Crippen molar-refractivity contribution < 1.29 is 19.7 Å². The zero-order valence-electron chi connectivity index (χ0n) is 10.1. The van der Waals surface area contributed by atoms with Crippen LogP contribution in [-0.4, -0.2) is 16.2 Å². The van der Waals surface area contributed by atoms with Crippen LogP contribution in [-0.2, 0) is 6.61 Å². The molecule has 0 fully saturated rings. The van der Waals surface area contributed by atoms with Crippen LogP contribution in [0.1, 0.15) is 15.9 Å². The number of carboxylic acid groups (broad SMARTS) is 1. The average Bonchev–Trinajstić information content (AvgIpc) is 2.41. The van der Waals surface area contributed by atoms with Crippen molar-refractivity contribution in [3.05, 3.63) is 56.5 Å². The van der Waals surface area contributed by atoms with Gasteiger partial charge in [-0.3, -0.25) is 0 Å². The summed E-state index contributed by atoms with van der Waals surface area (Å²) in [5.74, 6) is -1.13. The number of aromatic hydroxyl groups is 1. The third-order valence-electron chi connectivity index (χ3n) is 2.59. The van der Waals surface area contributed by atoms with E-state index in [1.807, 2.05) is 24.3 Å². The zero-order valence-corrected chi connectivity index (χ0v) is 13.3. The fourth-order valence-corrected chi connectivity index (χ4v) is 2.29. The van der Waals surface area contributed by atoms with Gasteiger partial charge in [0.1, 0.15) is 23.7 Å². The number of halogens is 2. The molecule has 2 aromatic rings. The summed E-state index contributed by atoms with van der Waals surface area (Å²) in [4.78, 5) is 10.9. The number of carboxylic acids is 1. The number of aromatic carboxylic acids is 1. The van der Waals surface area contributed by atoms with Crippen LogP contribution >= 0.6 is 31.9 Å². The van der Waals surface area contributed by atoms with Gasteiger partial charge in [-0.1, -0.05) is 28.1 Å². The van der Waals surface area contributed by atoms with E-state index < -0.39 is 5.97 Å². The minimum atomic E-state index is -1.19. The summed E-state index contributed by atoms with van der Waals surface area (Å²) < 4.78 is 7.02. The van der Waals surface area contributed by atoms with E-state index in [0.717, 1.165) is 10.0 Å². The summed E-state index contributed by atoms with van der Waals surface area (Å²) in [5, 5.41) is 18.5. The van der Waals surface area contributed by atoms with E-state index in [-0.39, 0.29) is 11.3 Å². The number of hydrogen-bond donors (Lipinski definition) is 2. The first kappa shape index (κ1) is 14.9. The molecule has 0 amide bonds. The van der Waals surface area contributed by atoms with Gasteiger partial charge in [-0.05, 0) is 39.7 Å². The molecule has 6 heteroatoms. The van der Waals surface area contributed by atoms with Crippen LogP contribution in [0.3, 0.4) is 0 Å². The van der Waals surface area contributed by atoms with Crippen molar-refractivity contribution in [1.82, 2.24) is 0 Å². The Morgan fingerprint density at radius 3 is 2.40 bits per heavy atom. The summed E-state index contributed by atoms with van der Waals surface area (Å²) in [6.45, 7) is 0.317. The molecule has 104 valence electrons. The van der Waals surface area contributed by atoms with Crippen molar-refractivity contribution >= 4 is 37.8 Å². The van der Waals surface area contributed by atoms with Crippen molar-refractivity contribution in [2.75, 3.05) is 0 Å². The highest BCUT2D eigenvalue weighted by molar-refractivity contribution is 9.10. The van der Waals surface area contributed by atoms with Crippen LogP contribution in [0.5, 0.6) is 11.5 Å². The molecule has 2 N–H and O–H groups in total. The molecule has 0 bridgehead atoms. The summed E-state index contributed by atoms with van der Waals surface area (Å²) in [6, 6.07) is 10.2. The van der Waals surface area contributed by atoms with Gasteiger partial charge in [0.2, 0.25) is 0 Å². The SMILES string of the molecule is O=C(O)c1cc(Br)c(OCc2ccc(Br)cc2)cc1O. The van der Waals surface area contributed by atoms with Gasteiger partial charge < -0.3 is 14.9 Å². The molecule has 0 heterocycles. The second-order valence-electron chi connectivity index (χ2n) is 4.02. The van der Waals surface area contributed by atoms with Crippen LogP contribution in [0.2, 0.25) is 0 Å². The van der Waals surface area contributed by atoms with Crippen LogP contribution < -0.4 is 4.74 Å². The molecule has 0 aromatic heterocycles. The standard InChI is InChI=1S/C14H10Br2O4/c15-9-3-1-8(2-4-9)7-20-13-6-12(17)10(14(18)19)5-11(13)16/h1-6,17H,7H2,(H,18,19). The quantitative estimate of drug-likeness (QED) is 0.805. The van der Waals surface area contributed by atoms with Gasteiger partial charge in [0, 0.05) is 10.5 Å². The molecule has 0 aliphatic carbocycles. The highest BCUT2D eigenvalue weighted by atomic mass is 79.9. The van der Waals surface area contributed by atoms with Gasteiger partial charge in [0.05, 0.1) is 4.47 Å². The molecule has 20 heavy (non-hydrogen) atoms. The first-order chi connectivity index (χ1) is 9.47. The molecule has 0 saturated carbocycles.